The molecule has 376 valence electrons. The molecule has 5 aliphatic rings. The predicted octanol–water partition coefficient (Wildman–Crippen LogP) is 8.16. The summed E-state index contributed by atoms with van der Waals surface area (Å²) in [5.74, 6) is 0.330. The van der Waals surface area contributed by atoms with Gasteiger partial charge in [-0.3, -0.25) is 38.6 Å². The predicted molar refractivity (Wildman–Crippen MR) is 264 cm³/mol. The number of carbonyl (C=O) groups excluding carboxylic acids is 3. The minimum absolute atomic E-state index is 0.0926. The van der Waals surface area contributed by atoms with E-state index in [0.717, 1.165) is 74.2 Å². The van der Waals surface area contributed by atoms with Crippen LogP contribution in [0.3, 0.4) is 0 Å². The Hall–Kier alpha value is -5.45. The third-order valence-corrected chi connectivity index (χ3v) is 15.8. The van der Waals surface area contributed by atoms with Crippen LogP contribution in [0.2, 0.25) is 0 Å². The molecule has 0 saturated carbocycles. The number of carbonyl (C=O) groups is 3. The third kappa shape index (κ3) is 10.2. The Morgan fingerprint density at radius 2 is 1.67 bits per heavy atom. The maximum atomic E-state index is 14.4. The number of nitrogens with one attached hydrogen (secondary N) is 2. The molecule has 13 nitrogen and oxygen atoms in total. The van der Waals surface area contributed by atoms with Crippen LogP contribution in [0, 0.1) is 11.3 Å². The summed E-state index contributed by atoms with van der Waals surface area (Å²) in [5, 5.41) is 5.73. The van der Waals surface area contributed by atoms with Crippen molar-refractivity contribution in [3.8, 4) is 5.75 Å². The van der Waals surface area contributed by atoms with Crippen molar-refractivity contribution in [1.29, 1.82) is 0 Å². The standard InChI is InChI=1S/C54H68F3N7O6/c1-51(2,54(55,56)57)35-61(25-22-53(23-31-70-52(3,4)34-53)40-14-16-41(69-5)17-15-40)33-37-8-12-39(13-9-37)38-10-6-36(7-11-38)32-60-27-29-62(30-28-60)49(67)42-18-19-43-47-46(42)58-24-26-63(47)50(68)64(43)44-20-21-45(65)59-48(44)66/h8-10,12-19,36,44,58H,6-7,11,20-35H2,1-5H3,(H,59,65,66)/t36-,44-,53+/m0/s1. The second-order valence-corrected chi connectivity index (χ2v) is 21.6. The molecule has 9 rings (SSSR count). The molecule has 0 radical (unpaired) electrons. The quantitative estimate of drug-likeness (QED) is 0.120. The van der Waals surface area contributed by atoms with Gasteiger partial charge in [0, 0.05) is 77.3 Å². The average molecular weight is 968 g/mol. The van der Waals surface area contributed by atoms with Crippen LogP contribution < -0.4 is 21.1 Å². The average Bonchev–Trinajstić information content (AvgIpc) is 3.62. The minimum Gasteiger partial charge on any atom is -0.497 e. The number of alkyl halides is 3. The summed E-state index contributed by atoms with van der Waals surface area (Å²) in [7, 11) is 1.64. The molecule has 1 aromatic heterocycles. The number of hydrogen-bond acceptors (Lipinski definition) is 9. The number of hydrogen-bond donors (Lipinski definition) is 2. The number of amides is 3. The van der Waals surface area contributed by atoms with Gasteiger partial charge in [0.15, 0.2) is 0 Å². The Balaban J connectivity index is 0.807. The highest BCUT2D eigenvalue weighted by atomic mass is 19.4. The molecule has 3 saturated heterocycles. The van der Waals surface area contributed by atoms with Crippen LogP contribution in [0.1, 0.15) is 112 Å². The Bertz CT molecular complexity index is 2680. The molecule has 4 aliphatic heterocycles. The van der Waals surface area contributed by atoms with Crippen LogP contribution >= 0.6 is 0 Å². The summed E-state index contributed by atoms with van der Waals surface area (Å²) >= 11 is 0. The highest BCUT2D eigenvalue weighted by molar-refractivity contribution is 6.08. The van der Waals surface area contributed by atoms with Gasteiger partial charge in [-0.25, -0.2) is 4.79 Å². The zero-order valence-electron chi connectivity index (χ0n) is 41.3. The van der Waals surface area contributed by atoms with Crippen molar-refractivity contribution in [3.63, 3.8) is 0 Å². The Kier molecular flexibility index (Phi) is 13.9. The fraction of sp³-hybridized carbons (Fsp3) is 0.556. The number of imide groups is 1. The first kappa shape index (κ1) is 49.5. The van der Waals surface area contributed by atoms with E-state index in [0.29, 0.717) is 80.5 Å². The molecule has 5 heterocycles. The van der Waals surface area contributed by atoms with Gasteiger partial charge in [0.1, 0.15) is 11.8 Å². The molecule has 1 aliphatic carbocycles. The van der Waals surface area contributed by atoms with Gasteiger partial charge in [-0.1, -0.05) is 42.5 Å². The fourth-order valence-corrected chi connectivity index (χ4v) is 11.8. The van der Waals surface area contributed by atoms with Crippen LogP contribution in [-0.2, 0) is 32.8 Å². The van der Waals surface area contributed by atoms with E-state index in [2.05, 4.69) is 71.9 Å². The van der Waals surface area contributed by atoms with Gasteiger partial charge < -0.3 is 19.7 Å². The number of methoxy groups -OCH3 is 1. The van der Waals surface area contributed by atoms with Crippen molar-refractivity contribution in [2.45, 2.75) is 115 Å². The second kappa shape index (κ2) is 19.6. The van der Waals surface area contributed by atoms with E-state index in [1.165, 1.54) is 24.0 Å². The lowest BCUT2D eigenvalue weighted by molar-refractivity contribution is -0.217. The summed E-state index contributed by atoms with van der Waals surface area (Å²) in [6, 6.07) is 19.2. The Morgan fingerprint density at radius 1 is 0.929 bits per heavy atom. The van der Waals surface area contributed by atoms with Gasteiger partial charge in [0.2, 0.25) is 11.8 Å². The molecule has 3 aromatic carbocycles. The van der Waals surface area contributed by atoms with Gasteiger partial charge in [-0.15, -0.1) is 0 Å². The summed E-state index contributed by atoms with van der Waals surface area (Å²) in [5.41, 5.74) is 4.06. The fourth-order valence-electron chi connectivity index (χ4n) is 11.8. The lowest BCUT2D eigenvalue weighted by atomic mass is 9.67. The number of allylic oxidation sites excluding steroid dienone is 2. The number of anilines is 1. The number of benzene rings is 3. The van der Waals surface area contributed by atoms with Gasteiger partial charge in [0.05, 0.1) is 40.4 Å². The first-order valence-corrected chi connectivity index (χ1v) is 25.1. The van der Waals surface area contributed by atoms with Crippen molar-refractivity contribution >= 4 is 40.0 Å². The molecule has 3 fully saturated rings. The normalized spacial score (nSPS) is 23.3. The molecule has 3 atom stereocenters. The number of halogens is 3. The summed E-state index contributed by atoms with van der Waals surface area (Å²) < 4.78 is 57.9. The van der Waals surface area contributed by atoms with Crippen LogP contribution in [0.15, 0.2) is 71.5 Å². The smallest absolute Gasteiger partial charge is 0.395 e. The molecule has 2 N–H and O–H groups in total. The van der Waals surface area contributed by atoms with Crippen LogP contribution in [0.4, 0.5) is 18.9 Å². The van der Waals surface area contributed by atoms with E-state index in [1.54, 1.807) is 23.8 Å². The molecule has 70 heavy (non-hydrogen) atoms. The van der Waals surface area contributed by atoms with Crippen molar-refractivity contribution in [2.24, 2.45) is 11.3 Å². The van der Waals surface area contributed by atoms with Crippen molar-refractivity contribution in [1.82, 2.24) is 29.2 Å². The minimum atomic E-state index is -4.35. The van der Waals surface area contributed by atoms with Crippen molar-refractivity contribution in [2.75, 3.05) is 71.4 Å². The van der Waals surface area contributed by atoms with Crippen LogP contribution in [-0.4, -0.2) is 119 Å². The number of rotatable bonds is 14. The first-order valence-electron chi connectivity index (χ1n) is 25.1. The topological polar surface area (TPSA) is 130 Å². The largest absolute Gasteiger partial charge is 0.497 e. The number of imidazole rings is 1. The van der Waals surface area contributed by atoms with E-state index in [9.17, 15) is 32.3 Å². The molecule has 3 amide bonds. The van der Waals surface area contributed by atoms with E-state index in [4.69, 9.17) is 9.47 Å². The zero-order valence-corrected chi connectivity index (χ0v) is 41.3. The Morgan fingerprint density at radius 3 is 2.33 bits per heavy atom. The second-order valence-electron chi connectivity index (χ2n) is 21.6. The van der Waals surface area contributed by atoms with Gasteiger partial charge in [0.25, 0.3) is 5.91 Å². The van der Waals surface area contributed by atoms with Crippen LogP contribution in [0.25, 0.3) is 16.6 Å². The molecule has 16 heteroatoms. The maximum Gasteiger partial charge on any atom is 0.395 e. The number of piperazine rings is 1. The van der Waals surface area contributed by atoms with Gasteiger partial charge in [-0.2, -0.15) is 13.2 Å². The van der Waals surface area contributed by atoms with E-state index >= 15 is 0 Å². The molecule has 4 aromatic rings. The summed E-state index contributed by atoms with van der Waals surface area (Å²) in [6.45, 7) is 12.7. The molecule has 0 spiro atoms. The lowest BCUT2D eigenvalue weighted by Gasteiger charge is -2.46. The third-order valence-electron chi connectivity index (χ3n) is 15.8. The van der Waals surface area contributed by atoms with Crippen LogP contribution in [0.5, 0.6) is 5.75 Å². The molecular formula is C54H68F3N7O6. The summed E-state index contributed by atoms with van der Waals surface area (Å²) in [6.07, 6.45) is 3.59. The number of aromatic nitrogens is 2. The van der Waals surface area contributed by atoms with E-state index in [-0.39, 0.29) is 47.9 Å². The first-order chi connectivity index (χ1) is 33.3. The lowest BCUT2D eigenvalue weighted by Crippen LogP contribution is -2.50. The van der Waals surface area contributed by atoms with Gasteiger partial charge >= 0.3 is 11.9 Å². The Labute approximate surface area is 408 Å². The number of piperidine rings is 1. The SMILES string of the molecule is COc1ccc([C@]2(CCN(Cc3ccc(C4=CC[C@H](CN5CCN(C(=O)c6ccc7c8c6NCCn8c(=O)n7[C@H]6CCC(=O)NC6=O)CC5)CC4)cc3)CC(C)(C)C(F)(F)F)CCOC(C)(C)C2)cc1. The van der Waals surface area contributed by atoms with Gasteiger partial charge in [-0.05, 0) is 132 Å². The number of ether oxygens (including phenoxy) is 2. The van der Waals surface area contributed by atoms with E-state index in [1.807, 2.05) is 21.9 Å². The van der Waals surface area contributed by atoms with Crippen molar-refractivity contribution < 1.29 is 37.0 Å². The number of nitrogens with zero attached hydrogens (tertiary/aromatic N) is 5. The van der Waals surface area contributed by atoms with E-state index < -0.39 is 23.5 Å². The maximum absolute atomic E-state index is 14.4. The summed E-state index contributed by atoms with van der Waals surface area (Å²) in [4.78, 5) is 58.6. The highest BCUT2D eigenvalue weighted by Crippen LogP contribution is 2.46. The molecule has 0 bridgehead atoms. The zero-order chi connectivity index (χ0) is 49.6. The molecular weight excluding hydrogens is 900 g/mol. The highest BCUT2D eigenvalue weighted by Gasteiger charge is 2.49. The van der Waals surface area contributed by atoms with Crippen molar-refractivity contribution in [3.05, 3.63) is 99.5 Å². The monoisotopic (exact) mass is 968 g/mol. The molecule has 0 unspecified atom stereocenters.